The molecule has 0 unspecified atom stereocenters. The molecule has 8 heteroatoms. The zero-order valence-corrected chi connectivity index (χ0v) is 15.3. The molecule has 1 N–H and O–H groups in total. The molecule has 6 nitrogen and oxygen atoms in total. The second kappa shape index (κ2) is 8.59. The monoisotopic (exact) mass is 385 g/mol. The normalized spacial score (nSPS) is 16.0. The first-order valence-corrected chi connectivity index (χ1v) is 9.49. The Bertz CT molecular complexity index is 861. The number of thioether (sulfide) groups is 1. The number of anilines is 1. The zero-order valence-electron chi connectivity index (χ0n) is 13.6. The zero-order chi connectivity index (χ0) is 18.4. The molecule has 2 heterocycles. The molecule has 1 aliphatic rings. The lowest BCUT2D eigenvalue weighted by Crippen LogP contribution is -2.31. The van der Waals surface area contributed by atoms with E-state index in [9.17, 15) is 14.4 Å². The molecule has 2 aromatic rings. The van der Waals surface area contributed by atoms with Crippen LogP contribution in [-0.4, -0.2) is 33.5 Å². The molecular formula is C18H15N3O3S2. The fourth-order valence-electron chi connectivity index (χ4n) is 2.20. The maximum absolute atomic E-state index is 12.3. The molecule has 26 heavy (non-hydrogen) atoms. The maximum atomic E-state index is 12.3. The van der Waals surface area contributed by atoms with E-state index in [4.69, 9.17) is 0 Å². The summed E-state index contributed by atoms with van der Waals surface area (Å²) in [6.07, 6.45) is 6.83. The summed E-state index contributed by atoms with van der Waals surface area (Å²) >= 11 is 2.19. The van der Waals surface area contributed by atoms with Crippen LogP contribution in [0, 0.1) is 0 Å². The van der Waals surface area contributed by atoms with Crippen molar-refractivity contribution in [3.8, 4) is 0 Å². The van der Waals surface area contributed by atoms with E-state index in [-0.39, 0.29) is 30.0 Å². The molecule has 1 saturated heterocycles. The molecule has 3 rings (SSSR count). The van der Waals surface area contributed by atoms with Crippen molar-refractivity contribution in [2.75, 3.05) is 11.9 Å². The molecule has 0 bridgehead atoms. The first kappa shape index (κ1) is 18.1. The molecular weight excluding hydrogens is 370 g/mol. The number of imide groups is 1. The largest absolute Gasteiger partial charge is 0.302 e. The number of allylic oxidation sites excluding steroid dienone is 2. The fourth-order valence-corrected chi connectivity index (χ4v) is 3.56. The fraction of sp³-hybridized carbons (Fsp3) is 0.111. The van der Waals surface area contributed by atoms with E-state index in [0.29, 0.717) is 10.0 Å². The molecule has 0 atom stereocenters. The summed E-state index contributed by atoms with van der Waals surface area (Å²) in [5, 5.41) is 4.51. The number of nitrogens with zero attached hydrogens (tertiary/aromatic N) is 2. The molecule has 3 amide bonds. The van der Waals surface area contributed by atoms with Gasteiger partial charge < -0.3 is 5.32 Å². The van der Waals surface area contributed by atoms with Crippen molar-refractivity contribution in [1.29, 1.82) is 0 Å². The molecule has 1 aromatic heterocycles. The van der Waals surface area contributed by atoms with Gasteiger partial charge in [0.2, 0.25) is 5.91 Å². The lowest BCUT2D eigenvalue weighted by molar-refractivity contribution is -0.123. The number of hydrogen-bond donors (Lipinski definition) is 1. The Balaban J connectivity index is 1.55. The van der Waals surface area contributed by atoms with E-state index in [0.717, 1.165) is 22.2 Å². The van der Waals surface area contributed by atoms with Crippen molar-refractivity contribution in [3.63, 3.8) is 0 Å². The van der Waals surface area contributed by atoms with Crippen LogP contribution >= 0.6 is 23.1 Å². The minimum Gasteiger partial charge on any atom is -0.302 e. The highest BCUT2D eigenvalue weighted by Gasteiger charge is 2.34. The second-order valence-corrected chi connectivity index (χ2v) is 7.15. The number of aromatic nitrogens is 1. The van der Waals surface area contributed by atoms with E-state index < -0.39 is 0 Å². The number of rotatable bonds is 6. The van der Waals surface area contributed by atoms with Gasteiger partial charge in [-0.15, -0.1) is 11.3 Å². The number of thiazole rings is 1. The predicted octanol–water partition coefficient (Wildman–Crippen LogP) is 3.76. The summed E-state index contributed by atoms with van der Waals surface area (Å²) in [5.41, 5.74) is 1.00. The lowest BCUT2D eigenvalue weighted by Gasteiger charge is -2.11. The van der Waals surface area contributed by atoms with Gasteiger partial charge in [-0.1, -0.05) is 42.5 Å². The van der Waals surface area contributed by atoms with Gasteiger partial charge in [0, 0.05) is 24.5 Å². The predicted molar refractivity (Wildman–Crippen MR) is 104 cm³/mol. The highest BCUT2D eigenvalue weighted by molar-refractivity contribution is 8.18. The Morgan fingerprint density at radius 3 is 2.77 bits per heavy atom. The number of amides is 3. The SMILES string of the molecule is O=C(CCN1C(=O)S/C(=C/C=C/c2ccccc2)C1=O)Nc1nccs1. The highest BCUT2D eigenvalue weighted by atomic mass is 32.2. The Kier molecular flexibility index (Phi) is 5.98. The molecule has 0 radical (unpaired) electrons. The van der Waals surface area contributed by atoms with Crippen LogP contribution in [-0.2, 0) is 9.59 Å². The number of nitrogens with one attached hydrogen (secondary N) is 1. The van der Waals surface area contributed by atoms with Crippen molar-refractivity contribution in [1.82, 2.24) is 9.88 Å². The van der Waals surface area contributed by atoms with Crippen LogP contribution in [0.5, 0.6) is 0 Å². The molecule has 0 saturated carbocycles. The summed E-state index contributed by atoms with van der Waals surface area (Å²) in [4.78, 5) is 41.6. The molecule has 0 spiro atoms. The Labute approximate surface area is 158 Å². The summed E-state index contributed by atoms with van der Waals surface area (Å²) in [6.45, 7) is 0.0433. The van der Waals surface area contributed by atoms with Crippen molar-refractivity contribution in [3.05, 3.63) is 64.5 Å². The summed E-state index contributed by atoms with van der Waals surface area (Å²) in [5.74, 6) is -0.660. The lowest BCUT2D eigenvalue weighted by atomic mass is 10.2. The van der Waals surface area contributed by atoms with E-state index in [1.165, 1.54) is 11.3 Å². The average Bonchev–Trinajstić information content (AvgIpc) is 3.23. The summed E-state index contributed by atoms with van der Waals surface area (Å²) < 4.78 is 0. The first-order chi connectivity index (χ1) is 12.6. The Morgan fingerprint density at radius 2 is 2.04 bits per heavy atom. The van der Waals surface area contributed by atoms with Crippen LogP contribution in [0.2, 0.25) is 0 Å². The standard InChI is InChI=1S/C18H15N3O3S2/c22-15(20-17-19-10-12-25-17)9-11-21-16(23)14(26-18(21)24)8-4-7-13-5-2-1-3-6-13/h1-8,10,12H,9,11H2,(H,19,20,22)/b7-4+,14-8+. The number of hydrogen-bond acceptors (Lipinski definition) is 6. The van der Waals surface area contributed by atoms with E-state index in [2.05, 4.69) is 10.3 Å². The van der Waals surface area contributed by atoms with Gasteiger partial charge in [0.1, 0.15) is 0 Å². The van der Waals surface area contributed by atoms with Crippen LogP contribution in [0.1, 0.15) is 12.0 Å². The molecule has 1 fully saturated rings. The van der Waals surface area contributed by atoms with Gasteiger partial charge >= 0.3 is 0 Å². The van der Waals surface area contributed by atoms with Gasteiger partial charge in [-0.05, 0) is 23.4 Å². The number of carbonyl (C=O) groups excluding carboxylic acids is 3. The average molecular weight is 385 g/mol. The number of benzene rings is 1. The molecule has 0 aliphatic carbocycles. The third kappa shape index (κ3) is 4.68. The molecule has 132 valence electrons. The van der Waals surface area contributed by atoms with Crippen molar-refractivity contribution in [2.45, 2.75) is 6.42 Å². The molecule has 1 aliphatic heterocycles. The van der Waals surface area contributed by atoms with Crippen molar-refractivity contribution in [2.24, 2.45) is 0 Å². The maximum Gasteiger partial charge on any atom is 0.293 e. The van der Waals surface area contributed by atoms with Crippen LogP contribution < -0.4 is 5.32 Å². The minimum atomic E-state index is -0.375. The van der Waals surface area contributed by atoms with Crippen molar-refractivity contribution >= 4 is 51.4 Å². The van der Waals surface area contributed by atoms with Crippen LogP contribution in [0.15, 0.2) is 59.0 Å². The number of carbonyl (C=O) groups is 3. The third-order valence-electron chi connectivity index (χ3n) is 3.45. The smallest absolute Gasteiger partial charge is 0.293 e. The summed E-state index contributed by atoms with van der Waals surface area (Å²) in [6, 6.07) is 9.65. The molecule has 1 aromatic carbocycles. The first-order valence-electron chi connectivity index (χ1n) is 7.80. The topological polar surface area (TPSA) is 79.4 Å². The Morgan fingerprint density at radius 1 is 1.23 bits per heavy atom. The van der Waals surface area contributed by atoms with E-state index in [1.807, 2.05) is 36.4 Å². The second-order valence-electron chi connectivity index (χ2n) is 5.26. The Hall–Kier alpha value is -2.71. The van der Waals surface area contributed by atoms with Crippen LogP contribution in [0.25, 0.3) is 6.08 Å². The summed E-state index contributed by atoms with van der Waals surface area (Å²) in [7, 11) is 0. The van der Waals surface area contributed by atoms with Crippen LogP contribution in [0.3, 0.4) is 0 Å². The quantitative estimate of drug-likeness (QED) is 0.766. The van der Waals surface area contributed by atoms with Gasteiger partial charge in [0.25, 0.3) is 11.1 Å². The van der Waals surface area contributed by atoms with Gasteiger partial charge in [0.05, 0.1) is 4.91 Å². The van der Waals surface area contributed by atoms with Gasteiger partial charge in [-0.3, -0.25) is 19.3 Å². The minimum absolute atomic E-state index is 0.0325. The van der Waals surface area contributed by atoms with E-state index in [1.54, 1.807) is 23.7 Å². The third-order valence-corrected chi connectivity index (χ3v) is 5.06. The van der Waals surface area contributed by atoms with Gasteiger partial charge in [-0.25, -0.2) is 4.98 Å². The van der Waals surface area contributed by atoms with Crippen LogP contribution in [0.4, 0.5) is 9.93 Å². The van der Waals surface area contributed by atoms with Gasteiger partial charge in [-0.2, -0.15) is 0 Å². The van der Waals surface area contributed by atoms with Crippen molar-refractivity contribution < 1.29 is 14.4 Å². The van der Waals surface area contributed by atoms with E-state index >= 15 is 0 Å². The highest BCUT2D eigenvalue weighted by Crippen LogP contribution is 2.30. The van der Waals surface area contributed by atoms with Gasteiger partial charge in [0.15, 0.2) is 5.13 Å².